The number of fused-ring (bicyclic) bond motifs is 1. The van der Waals surface area contributed by atoms with Crippen LogP contribution >= 0.6 is 23.1 Å². The second-order valence-electron chi connectivity index (χ2n) is 6.98. The van der Waals surface area contributed by atoms with Crippen molar-refractivity contribution < 1.29 is 4.74 Å². The maximum absolute atomic E-state index is 5.88. The molecule has 1 saturated heterocycles. The van der Waals surface area contributed by atoms with E-state index in [2.05, 4.69) is 39.3 Å². The van der Waals surface area contributed by atoms with Crippen molar-refractivity contribution in [1.82, 2.24) is 24.1 Å². The lowest BCUT2D eigenvalue weighted by atomic mass is 10.2. The van der Waals surface area contributed by atoms with Crippen LogP contribution in [0.2, 0.25) is 0 Å². The van der Waals surface area contributed by atoms with Crippen molar-refractivity contribution in [2.24, 2.45) is 0 Å². The maximum atomic E-state index is 5.88. The Morgan fingerprint density at radius 1 is 1.32 bits per heavy atom. The molecular weight excluding hydrogens is 390 g/mol. The number of rotatable bonds is 6. The van der Waals surface area contributed by atoms with Crippen LogP contribution in [-0.4, -0.2) is 36.9 Å². The molecule has 0 saturated carbocycles. The summed E-state index contributed by atoms with van der Waals surface area (Å²) in [6.45, 7) is 3.77. The summed E-state index contributed by atoms with van der Waals surface area (Å²) in [5.74, 6) is 1.69. The van der Waals surface area contributed by atoms with Crippen molar-refractivity contribution in [3.05, 3.63) is 52.6 Å². The molecule has 1 aliphatic rings. The summed E-state index contributed by atoms with van der Waals surface area (Å²) in [6.07, 6.45) is 6.56. The van der Waals surface area contributed by atoms with Crippen LogP contribution in [0, 0.1) is 6.92 Å². The Balaban J connectivity index is 1.41. The molecule has 28 heavy (non-hydrogen) atoms. The molecule has 4 aromatic heterocycles. The van der Waals surface area contributed by atoms with Crippen LogP contribution in [-0.2, 0) is 17.0 Å². The molecule has 0 bridgehead atoms. The van der Waals surface area contributed by atoms with Gasteiger partial charge in [-0.25, -0.2) is 4.98 Å². The van der Waals surface area contributed by atoms with Gasteiger partial charge in [-0.15, -0.1) is 21.5 Å². The molecule has 6 nitrogen and oxygen atoms in total. The van der Waals surface area contributed by atoms with Gasteiger partial charge in [0.1, 0.15) is 5.65 Å². The van der Waals surface area contributed by atoms with Gasteiger partial charge in [-0.1, -0.05) is 17.8 Å². The standard InChI is InChI=1S/C20H21N5OS2/c1-14-9-15(12-27-14)19-22-23-20(25(19)11-17-5-4-8-26-17)28-13-16-10-24-7-3-2-6-18(24)21-16/h2-3,6-7,9-10,12,17H,4-5,8,11,13H2,1H3. The molecule has 0 N–H and O–H groups in total. The first-order chi connectivity index (χ1) is 13.8. The number of ether oxygens (including phenoxy) is 1. The van der Waals surface area contributed by atoms with Crippen molar-refractivity contribution in [1.29, 1.82) is 0 Å². The molecule has 1 fully saturated rings. The second kappa shape index (κ2) is 7.69. The van der Waals surface area contributed by atoms with Gasteiger partial charge in [-0.2, -0.15) is 0 Å². The minimum atomic E-state index is 0.240. The SMILES string of the molecule is Cc1cc(-c2nnc(SCc3cn4ccccc4n3)n2CC2CCCO2)cs1. The van der Waals surface area contributed by atoms with Crippen LogP contribution in [0.4, 0.5) is 0 Å². The first kappa shape index (κ1) is 17.9. The molecule has 0 radical (unpaired) electrons. The highest BCUT2D eigenvalue weighted by Crippen LogP contribution is 2.30. The molecule has 5 heterocycles. The Morgan fingerprint density at radius 2 is 2.29 bits per heavy atom. The van der Waals surface area contributed by atoms with Crippen LogP contribution in [0.5, 0.6) is 0 Å². The van der Waals surface area contributed by atoms with E-state index in [1.807, 2.05) is 28.8 Å². The minimum absolute atomic E-state index is 0.240. The van der Waals surface area contributed by atoms with Gasteiger partial charge in [-0.3, -0.25) is 4.57 Å². The molecule has 8 heteroatoms. The Bertz CT molecular complexity index is 1060. The molecule has 0 spiro atoms. The van der Waals surface area contributed by atoms with Gasteiger partial charge in [0.2, 0.25) is 0 Å². The molecule has 1 aliphatic heterocycles. The van der Waals surface area contributed by atoms with Gasteiger partial charge in [0.05, 0.1) is 18.3 Å². The van der Waals surface area contributed by atoms with Crippen LogP contribution in [0.25, 0.3) is 17.0 Å². The van der Waals surface area contributed by atoms with Crippen LogP contribution in [0.15, 0.2) is 47.2 Å². The van der Waals surface area contributed by atoms with Crippen LogP contribution in [0.3, 0.4) is 0 Å². The number of aromatic nitrogens is 5. The smallest absolute Gasteiger partial charge is 0.191 e. The molecule has 4 aromatic rings. The van der Waals surface area contributed by atoms with E-state index in [9.17, 15) is 0 Å². The number of thiophene rings is 1. The minimum Gasteiger partial charge on any atom is -0.376 e. The monoisotopic (exact) mass is 411 g/mol. The zero-order chi connectivity index (χ0) is 18.9. The molecule has 1 atom stereocenters. The number of aryl methyl sites for hydroxylation is 1. The molecule has 5 rings (SSSR count). The average Bonchev–Trinajstić information content (AvgIpc) is 3.47. The number of imidazole rings is 1. The van der Waals surface area contributed by atoms with Crippen molar-refractivity contribution in [3.63, 3.8) is 0 Å². The Morgan fingerprint density at radius 3 is 3.07 bits per heavy atom. The van der Waals surface area contributed by atoms with E-state index in [1.54, 1.807) is 23.1 Å². The molecular formula is C20H21N5OS2. The normalized spacial score (nSPS) is 17.0. The Labute approximate surface area is 171 Å². The fourth-order valence-corrected chi connectivity index (χ4v) is 5.03. The summed E-state index contributed by atoms with van der Waals surface area (Å²) >= 11 is 3.42. The number of hydrogen-bond donors (Lipinski definition) is 0. The van der Waals surface area contributed by atoms with E-state index in [1.165, 1.54) is 4.88 Å². The summed E-state index contributed by atoms with van der Waals surface area (Å²) in [5.41, 5.74) is 3.14. The van der Waals surface area contributed by atoms with Gasteiger partial charge in [-0.05, 0) is 38.0 Å². The van der Waals surface area contributed by atoms with E-state index < -0.39 is 0 Å². The predicted octanol–water partition coefficient (Wildman–Crippen LogP) is 4.43. The molecule has 0 aliphatic carbocycles. The third-order valence-corrected chi connectivity index (χ3v) is 6.74. The molecule has 0 aromatic carbocycles. The lowest BCUT2D eigenvalue weighted by molar-refractivity contribution is 0.0953. The molecule has 0 amide bonds. The zero-order valence-electron chi connectivity index (χ0n) is 15.6. The molecule has 144 valence electrons. The lowest BCUT2D eigenvalue weighted by Crippen LogP contribution is -2.16. The number of hydrogen-bond acceptors (Lipinski definition) is 6. The number of thioether (sulfide) groups is 1. The van der Waals surface area contributed by atoms with E-state index >= 15 is 0 Å². The van der Waals surface area contributed by atoms with Gasteiger partial charge in [0, 0.05) is 40.6 Å². The third kappa shape index (κ3) is 3.59. The number of nitrogens with zero attached hydrogens (tertiary/aromatic N) is 5. The van der Waals surface area contributed by atoms with E-state index in [-0.39, 0.29) is 6.10 Å². The highest BCUT2D eigenvalue weighted by molar-refractivity contribution is 7.98. The average molecular weight is 412 g/mol. The summed E-state index contributed by atoms with van der Waals surface area (Å²) in [5, 5.41) is 12.1. The largest absolute Gasteiger partial charge is 0.376 e. The summed E-state index contributed by atoms with van der Waals surface area (Å²) in [6, 6.07) is 8.22. The third-order valence-electron chi connectivity index (χ3n) is 4.88. The highest BCUT2D eigenvalue weighted by atomic mass is 32.2. The van der Waals surface area contributed by atoms with Crippen LogP contribution in [0.1, 0.15) is 23.4 Å². The summed E-state index contributed by atoms with van der Waals surface area (Å²) in [4.78, 5) is 5.97. The number of pyridine rings is 1. The van der Waals surface area contributed by atoms with E-state index in [0.29, 0.717) is 0 Å². The van der Waals surface area contributed by atoms with Gasteiger partial charge in [0.25, 0.3) is 0 Å². The van der Waals surface area contributed by atoms with Crippen molar-refractivity contribution >= 4 is 28.7 Å². The molecule has 1 unspecified atom stereocenters. The Hall–Kier alpha value is -2.16. The van der Waals surface area contributed by atoms with Crippen molar-refractivity contribution in [2.75, 3.05) is 6.61 Å². The van der Waals surface area contributed by atoms with Gasteiger partial charge >= 0.3 is 0 Å². The predicted molar refractivity (Wildman–Crippen MR) is 112 cm³/mol. The first-order valence-corrected chi connectivity index (χ1v) is 11.3. The van der Waals surface area contributed by atoms with Crippen LogP contribution < -0.4 is 0 Å². The fourth-order valence-electron chi connectivity index (χ4n) is 3.52. The fraction of sp³-hybridized carbons (Fsp3) is 0.350. The van der Waals surface area contributed by atoms with E-state index in [0.717, 1.165) is 59.6 Å². The summed E-state index contributed by atoms with van der Waals surface area (Å²) < 4.78 is 10.1. The maximum Gasteiger partial charge on any atom is 0.191 e. The zero-order valence-corrected chi connectivity index (χ0v) is 17.2. The summed E-state index contributed by atoms with van der Waals surface area (Å²) in [7, 11) is 0. The van der Waals surface area contributed by atoms with Crippen molar-refractivity contribution in [2.45, 2.75) is 43.3 Å². The first-order valence-electron chi connectivity index (χ1n) is 9.42. The Kier molecular flexibility index (Phi) is 4.92. The van der Waals surface area contributed by atoms with Gasteiger partial charge in [0.15, 0.2) is 11.0 Å². The van der Waals surface area contributed by atoms with Crippen molar-refractivity contribution in [3.8, 4) is 11.4 Å². The lowest BCUT2D eigenvalue weighted by Gasteiger charge is -2.14. The highest BCUT2D eigenvalue weighted by Gasteiger charge is 2.22. The quantitative estimate of drug-likeness (QED) is 0.439. The van der Waals surface area contributed by atoms with Gasteiger partial charge < -0.3 is 9.14 Å². The topological polar surface area (TPSA) is 57.2 Å². The van der Waals surface area contributed by atoms with E-state index in [4.69, 9.17) is 9.72 Å². The second-order valence-corrected chi connectivity index (χ2v) is 9.04.